The highest BCUT2D eigenvalue weighted by atomic mass is 16.1. The third-order valence-electron chi connectivity index (χ3n) is 4.75. The normalized spacial score (nSPS) is 16.1. The molecule has 1 atom stereocenters. The molecule has 0 spiro atoms. The van der Waals surface area contributed by atoms with E-state index in [1.807, 2.05) is 48.7 Å². The Morgan fingerprint density at radius 2 is 2.04 bits per heavy atom. The molecule has 0 bridgehead atoms. The van der Waals surface area contributed by atoms with E-state index in [9.17, 15) is 4.79 Å². The van der Waals surface area contributed by atoms with Gasteiger partial charge in [0, 0.05) is 31.0 Å². The topological polar surface area (TPSA) is 72.7 Å². The third kappa shape index (κ3) is 3.35. The van der Waals surface area contributed by atoms with E-state index in [4.69, 9.17) is 0 Å². The molecule has 0 fully saturated rings. The minimum absolute atomic E-state index is 0.0295. The van der Waals surface area contributed by atoms with Crippen molar-refractivity contribution in [2.75, 3.05) is 6.54 Å². The molecule has 6 heteroatoms. The summed E-state index contributed by atoms with van der Waals surface area (Å²) >= 11 is 0. The molecule has 1 aromatic carbocycles. The Kier molecular flexibility index (Phi) is 4.73. The van der Waals surface area contributed by atoms with Gasteiger partial charge in [-0.3, -0.25) is 9.78 Å². The lowest BCUT2D eigenvalue weighted by Gasteiger charge is -2.23. The molecule has 26 heavy (non-hydrogen) atoms. The lowest BCUT2D eigenvalue weighted by atomic mass is 9.97. The van der Waals surface area contributed by atoms with Gasteiger partial charge in [0.1, 0.15) is 5.82 Å². The van der Waals surface area contributed by atoms with Crippen LogP contribution >= 0.6 is 0 Å². The molecule has 0 saturated heterocycles. The van der Waals surface area contributed by atoms with Gasteiger partial charge >= 0.3 is 0 Å². The quantitative estimate of drug-likeness (QED) is 0.770. The lowest BCUT2D eigenvalue weighted by Crippen LogP contribution is -2.34. The molecule has 3 heterocycles. The number of nitrogens with one attached hydrogen (secondary N) is 1. The predicted molar refractivity (Wildman–Crippen MR) is 98.4 cm³/mol. The zero-order chi connectivity index (χ0) is 17.8. The number of benzene rings is 1. The molecule has 6 nitrogen and oxygen atoms in total. The molecule has 4 rings (SSSR count). The first-order chi connectivity index (χ1) is 12.8. The summed E-state index contributed by atoms with van der Waals surface area (Å²) in [5, 5.41) is 11.7. The minimum atomic E-state index is -0.234. The molecular formula is C20H21N5O. The lowest BCUT2D eigenvalue weighted by molar-refractivity contribution is -0.123. The zero-order valence-corrected chi connectivity index (χ0v) is 14.5. The highest BCUT2D eigenvalue weighted by molar-refractivity contribution is 5.83. The number of nitrogens with zero attached hydrogens (tertiary/aromatic N) is 4. The number of hydrogen-bond donors (Lipinski definition) is 1. The van der Waals surface area contributed by atoms with Crippen LogP contribution in [0.3, 0.4) is 0 Å². The van der Waals surface area contributed by atoms with Crippen molar-refractivity contribution in [2.24, 2.45) is 0 Å². The number of amides is 1. The van der Waals surface area contributed by atoms with Crippen LogP contribution < -0.4 is 5.32 Å². The zero-order valence-electron chi connectivity index (χ0n) is 14.5. The fourth-order valence-electron chi connectivity index (χ4n) is 3.42. The Labute approximate surface area is 152 Å². The molecule has 132 valence electrons. The average Bonchev–Trinajstić information content (AvgIpc) is 3.13. The maximum atomic E-state index is 12.7. The Balaban J connectivity index is 1.46. The van der Waals surface area contributed by atoms with Crippen LogP contribution in [0.25, 0.3) is 11.4 Å². The summed E-state index contributed by atoms with van der Waals surface area (Å²) in [6.07, 6.45) is 6.11. The van der Waals surface area contributed by atoms with Crippen molar-refractivity contribution in [3.05, 3.63) is 66.2 Å². The van der Waals surface area contributed by atoms with Gasteiger partial charge in [0.05, 0.1) is 5.92 Å². The largest absolute Gasteiger partial charge is 0.355 e. The Morgan fingerprint density at radius 1 is 1.15 bits per heavy atom. The van der Waals surface area contributed by atoms with Gasteiger partial charge in [0.2, 0.25) is 5.91 Å². The first-order valence-corrected chi connectivity index (χ1v) is 8.98. The van der Waals surface area contributed by atoms with E-state index in [0.717, 1.165) is 48.6 Å². The molecule has 1 unspecified atom stereocenters. The van der Waals surface area contributed by atoms with E-state index in [1.54, 1.807) is 6.20 Å². The highest BCUT2D eigenvalue weighted by Crippen LogP contribution is 2.30. The smallest absolute Gasteiger partial charge is 0.230 e. The molecule has 1 N–H and O–H groups in total. The fourth-order valence-corrected chi connectivity index (χ4v) is 3.42. The minimum Gasteiger partial charge on any atom is -0.355 e. The summed E-state index contributed by atoms with van der Waals surface area (Å²) < 4.78 is 2.09. The number of rotatable bonds is 5. The Hall–Kier alpha value is -3.02. The van der Waals surface area contributed by atoms with E-state index < -0.39 is 0 Å². The number of aromatic nitrogens is 4. The van der Waals surface area contributed by atoms with Crippen molar-refractivity contribution in [2.45, 2.75) is 31.7 Å². The molecule has 1 amide bonds. The van der Waals surface area contributed by atoms with Gasteiger partial charge < -0.3 is 9.88 Å². The summed E-state index contributed by atoms with van der Waals surface area (Å²) in [7, 11) is 0. The second-order valence-corrected chi connectivity index (χ2v) is 6.50. The molecule has 0 saturated carbocycles. The van der Waals surface area contributed by atoms with Gasteiger partial charge in [-0.15, -0.1) is 10.2 Å². The van der Waals surface area contributed by atoms with E-state index in [-0.39, 0.29) is 11.8 Å². The molecule has 2 aromatic heterocycles. The van der Waals surface area contributed by atoms with Gasteiger partial charge in [0.25, 0.3) is 0 Å². The van der Waals surface area contributed by atoms with Crippen LogP contribution in [0.4, 0.5) is 0 Å². The maximum absolute atomic E-state index is 12.7. The number of fused-ring (bicyclic) bond motifs is 1. The van der Waals surface area contributed by atoms with Crippen LogP contribution in [0.1, 0.15) is 30.1 Å². The summed E-state index contributed by atoms with van der Waals surface area (Å²) in [6.45, 7) is 1.45. The van der Waals surface area contributed by atoms with Crippen molar-refractivity contribution < 1.29 is 4.79 Å². The van der Waals surface area contributed by atoms with Gasteiger partial charge in [-0.05, 0) is 30.9 Å². The van der Waals surface area contributed by atoms with Crippen LogP contribution in [0.2, 0.25) is 0 Å². The number of hydrogen-bond acceptors (Lipinski definition) is 4. The van der Waals surface area contributed by atoms with Crippen molar-refractivity contribution in [1.29, 1.82) is 0 Å². The van der Waals surface area contributed by atoms with Crippen LogP contribution in [0, 0.1) is 0 Å². The first kappa shape index (κ1) is 16.4. The summed E-state index contributed by atoms with van der Waals surface area (Å²) in [6, 6.07) is 13.9. The van der Waals surface area contributed by atoms with E-state index in [2.05, 4.69) is 25.1 Å². The van der Waals surface area contributed by atoms with Crippen molar-refractivity contribution in [3.63, 3.8) is 0 Å². The molecule has 0 aliphatic carbocycles. The molecule has 1 aliphatic heterocycles. The number of carbonyl (C=O) groups excluding carboxylic acids is 1. The van der Waals surface area contributed by atoms with Crippen LogP contribution in [-0.2, 0) is 17.8 Å². The van der Waals surface area contributed by atoms with Gasteiger partial charge in [-0.2, -0.15) is 0 Å². The highest BCUT2D eigenvalue weighted by Gasteiger charge is 2.30. The fraction of sp³-hybridized carbons (Fsp3) is 0.300. The van der Waals surface area contributed by atoms with Crippen LogP contribution in [0.15, 0.2) is 54.9 Å². The van der Waals surface area contributed by atoms with Gasteiger partial charge in [-0.1, -0.05) is 36.4 Å². The van der Waals surface area contributed by atoms with Crippen LogP contribution in [-0.4, -0.2) is 32.2 Å². The Morgan fingerprint density at radius 3 is 2.85 bits per heavy atom. The molecule has 0 radical (unpaired) electrons. The molecular weight excluding hydrogens is 326 g/mol. The molecule has 3 aromatic rings. The maximum Gasteiger partial charge on any atom is 0.230 e. The van der Waals surface area contributed by atoms with Crippen LogP contribution in [0.5, 0.6) is 0 Å². The van der Waals surface area contributed by atoms with Gasteiger partial charge in [-0.25, -0.2) is 0 Å². The van der Waals surface area contributed by atoms with Crippen molar-refractivity contribution in [1.82, 2.24) is 25.1 Å². The summed E-state index contributed by atoms with van der Waals surface area (Å²) in [5.41, 5.74) is 2.15. The molecule has 1 aliphatic rings. The summed E-state index contributed by atoms with van der Waals surface area (Å²) in [4.78, 5) is 16.8. The average molecular weight is 347 g/mol. The van der Waals surface area contributed by atoms with E-state index in [0.29, 0.717) is 6.54 Å². The first-order valence-electron chi connectivity index (χ1n) is 8.98. The standard InChI is InChI=1S/C20H21N5O/c26-20(22-12-10-15-6-4-11-21-14-15)17-9-5-13-25-18(23-24-19(17)25)16-7-2-1-3-8-16/h1-4,6-8,11,14,17H,5,9-10,12-13H2,(H,22,26). The van der Waals surface area contributed by atoms with E-state index in [1.165, 1.54) is 0 Å². The SMILES string of the molecule is O=C(NCCc1cccnc1)C1CCCn2c(-c3ccccc3)nnc21. The monoisotopic (exact) mass is 347 g/mol. The number of carbonyl (C=O) groups is 1. The Bertz CT molecular complexity index is 876. The van der Waals surface area contributed by atoms with E-state index >= 15 is 0 Å². The van der Waals surface area contributed by atoms with Gasteiger partial charge in [0.15, 0.2) is 5.82 Å². The predicted octanol–water partition coefficient (Wildman–Crippen LogP) is 2.58. The van der Waals surface area contributed by atoms with Crippen molar-refractivity contribution >= 4 is 5.91 Å². The van der Waals surface area contributed by atoms with Crippen molar-refractivity contribution in [3.8, 4) is 11.4 Å². The second-order valence-electron chi connectivity index (χ2n) is 6.50. The number of pyridine rings is 1. The second kappa shape index (κ2) is 7.47. The summed E-state index contributed by atoms with van der Waals surface area (Å²) in [5.74, 6) is 1.41. The third-order valence-corrected chi connectivity index (χ3v) is 4.75.